The molecule has 3 rings (SSSR count). The number of anilines is 1. The summed E-state index contributed by atoms with van der Waals surface area (Å²) in [6.07, 6.45) is 0.519. The van der Waals surface area contributed by atoms with E-state index in [0.717, 1.165) is 5.69 Å². The van der Waals surface area contributed by atoms with Crippen LogP contribution in [-0.2, 0) is 9.59 Å². The summed E-state index contributed by atoms with van der Waals surface area (Å²) in [5.74, 6) is -0.284. The third-order valence-electron chi connectivity index (χ3n) is 4.01. The van der Waals surface area contributed by atoms with Gasteiger partial charge in [0.2, 0.25) is 11.8 Å². The highest BCUT2D eigenvalue weighted by Crippen LogP contribution is 2.21. The van der Waals surface area contributed by atoms with Crippen LogP contribution in [0.1, 0.15) is 12.8 Å². The van der Waals surface area contributed by atoms with Crippen LogP contribution in [0.2, 0.25) is 0 Å². The molecule has 120 valence electrons. The average Bonchev–Trinajstić information content (AvgIpc) is 3.07. The number of nitrogens with zero attached hydrogens (tertiary/aromatic N) is 1. The van der Waals surface area contributed by atoms with Crippen LogP contribution in [0.5, 0.6) is 0 Å². The highest BCUT2D eigenvalue weighted by molar-refractivity contribution is 6.01. The van der Waals surface area contributed by atoms with Crippen molar-refractivity contribution in [3.05, 3.63) is 30.3 Å². The Hall–Kier alpha value is -1.63. The lowest BCUT2D eigenvalue weighted by Gasteiger charge is -2.18. The van der Waals surface area contributed by atoms with Gasteiger partial charge < -0.3 is 20.6 Å². The highest BCUT2D eigenvalue weighted by Gasteiger charge is 2.36. The van der Waals surface area contributed by atoms with Crippen molar-refractivity contribution in [2.75, 3.05) is 18.0 Å². The Kier molecular flexibility index (Phi) is 5.39. The molecule has 2 aliphatic heterocycles. The van der Waals surface area contributed by atoms with Crippen molar-refractivity contribution in [2.24, 2.45) is 0 Å². The summed E-state index contributed by atoms with van der Waals surface area (Å²) in [5.41, 5.74) is 0.855. The van der Waals surface area contributed by atoms with Crippen LogP contribution in [0, 0.1) is 0 Å². The zero-order valence-corrected chi connectivity index (χ0v) is 12.9. The van der Waals surface area contributed by atoms with Crippen LogP contribution in [0.25, 0.3) is 0 Å². The number of carbonyl (C=O) groups excluding carboxylic acids is 2. The Morgan fingerprint density at radius 3 is 2.68 bits per heavy atom. The molecule has 2 amide bonds. The van der Waals surface area contributed by atoms with Gasteiger partial charge in [-0.25, -0.2) is 0 Å². The second-order valence-corrected chi connectivity index (χ2v) is 5.53. The Morgan fingerprint density at radius 1 is 1.32 bits per heavy atom. The molecule has 2 fully saturated rings. The number of aliphatic hydroxyl groups is 1. The largest absolute Gasteiger partial charge is 0.392 e. The van der Waals surface area contributed by atoms with E-state index in [1.165, 1.54) is 0 Å². The van der Waals surface area contributed by atoms with Crippen LogP contribution in [0.15, 0.2) is 30.3 Å². The number of para-hydroxylation sites is 1. The second-order valence-electron chi connectivity index (χ2n) is 5.53. The maximum atomic E-state index is 12.4. The standard InChI is InChI=1S/C15H19N3O3.ClH/c19-11-8-13(16-9-11)14(20)17-12-6-7-18(15(12)21)10-4-2-1-3-5-10;/h1-5,11-13,16,19H,6-9H2,(H,17,20);1H. The van der Waals surface area contributed by atoms with Crippen LogP contribution < -0.4 is 15.5 Å². The zero-order chi connectivity index (χ0) is 14.8. The molecule has 6 nitrogen and oxygen atoms in total. The van der Waals surface area contributed by atoms with Crippen molar-refractivity contribution < 1.29 is 14.7 Å². The minimum Gasteiger partial charge on any atom is -0.392 e. The van der Waals surface area contributed by atoms with E-state index in [2.05, 4.69) is 10.6 Å². The number of rotatable bonds is 3. The summed E-state index contributed by atoms with van der Waals surface area (Å²) >= 11 is 0. The van der Waals surface area contributed by atoms with Gasteiger partial charge in [-0.3, -0.25) is 9.59 Å². The predicted molar refractivity (Wildman–Crippen MR) is 85.0 cm³/mol. The van der Waals surface area contributed by atoms with E-state index < -0.39 is 18.2 Å². The number of nitrogens with one attached hydrogen (secondary N) is 2. The highest BCUT2D eigenvalue weighted by atomic mass is 35.5. The lowest BCUT2D eigenvalue weighted by molar-refractivity contribution is -0.127. The summed E-state index contributed by atoms with van der Waals surface area (Å²) in [6, 6.07) is 8.57. The van der Waals surface area contributed by atoms with E-state index in [-0.39, 0.29) is 24.2 Å². The summed E-state index contributed by atoms with van der Waals surface area (Å²) in [6.45, 7) is 1.03. The number of hydrogen-bond acceptors (Lipinski definition) is 4. The van der Waals surface area contributed by atoms with Crippen molar-refractivity contribution in [1.29, 1.82) is 0 Å². The fourth-order valence-electron chi connectivity index (χ4n) is 2.87. The van der Waals surface area contributed by atoms with Gasteiger partial charge in [0, 0.05) is 18.8 Å². The van der Waals surface area contributed by atoms with E-state index in [1.54, 1.807) is 4.90 Å². The van der Waals surface area contributed by atoms with Gasteiger partial charge in [0.15, 0.2) is 0 Å². The van der Waals surface area contributed by atoms with Crippen molar-refractivity contribution in [2.45, 2.75) is 31.0 Å². The Morgan fingerprint density at radius 2 is 2.05 bits per heavy atom. The normalized spacial score (nSPS) is 27.6. The minimum atomic E-state index is -0.485. The van der Waals surface area contributed by atoms with Gasteiger partial charge in [-0.1, -0.05) is 18.2 Å². The lowest BCUT2D eigenvalue weighted by atomic mass is 10.1. The van der Waals surface area contributed by atoms with Gasteiger partial charge in [0.05, 0.1) is 12.1 Å². The molecule has 0 aromatic heterocycles. The number of amides is 2. The van der Waals surface area contributed by atoms with Crippen LogP contribution in [-0.4, -0.2) is 48.2 Å². The fourth-order valence-corrected chi connectivity index (χ4v) is 2.87. The number of β-amino-alcohol motifs (C(OH)–C–C–N with tert-alkyl or cyclic N) is 1. The van der Waals surface area contributed by atoms with Crippen LogP contribution in [0.3, 0.4) is 0 Å². The SMILES string of the molecule is Cl.O=C(NC1CCN(c2ccccc2)C1=O)C1CC(O)CN1. The van der Waals surface area contributed by atoms with Crippen molar-refractivity contribution >= 4 is 29.9 Å². The van der Waals surface area contributed by atoms with Crippen LogP contribution >= 0.6 is 12.4 Å². The monoisotopic (exact) mass is 325 g/mol. The van der Waals surface area contributed by atoms with Gasteiger partial charge in [0.1, 0.15) is 6.04 Å². The first-order valence-corrected chi connectivity index (χ1v) is 7.23. The third-order valence-corrected chi connectivity index (χ3v) is 4.01. The van der Waals surface area contributed by atoms with Crippen LogP contribution in [0.4, 0.5) is 5.69 Å². The number of benzene rings is 1. The van der Waals surface area contributed by atoms with E-state index in [0.29, 0.717) is 25.9 Å². The zero-order valence-electron chi connectivity index (χ0n) is 12.1. The van der Waals surface area contributed by atoms with E-state index in [1.807, 2.05) is 30.3 Å². The van der Waals surface area contributed by atoms with Crippen molar-refractivity contribution in [1.82, 2.24) is 10.6 Å². The molecule has 3 atom stereocenters. The van der Waals surface area contributed by atoms with Gasteiger partial charge in [0.25, 0.3) is 0 Å². The summed E-state index contributed by atoms with van der Waals surface area (Å²) in [4.78, 5) is 26.1. The molecule has 22 heavy (non-hydrogen) atoms. The van der Waals surface area contributed by atoms with E-state index in [4.69, 9.17) is 0 Å². The number of carbonyl (C=O) groups is 2. The summed E-state index contributed by atoms with van der Waals surface area (Å²) in [5, 5.41) is 15.2. The van der Waals surface area contributed by atoms with Gasteiger partial charge in [-0.15, -0.1) is 12.4 Å². The van der Waals surface area contributed by atoms with Crippen molar-refractivity contribution in [3.63, 3.8) is 0 Å². The van der Waals surface area contributed by atoms with E-state index in [9.17, 15) is 14.7 Å². The van der Waals surface area contributed by atoms with E-state index >= 15 is 0 Å². The molecule has 0 radical (unpaired) electrons. The first-order valence-electron chi connectivity index (χ1n) is 7.23. The van der Waals surface area contributed by atoms with Gasteiger partial charge in [-0.05, 0) is 25.0 Å². The lowest BCUT2D eigenvalue weighted by Crippen LogP contribution is -2.48. The molecule has 1 aromatic rings. The Labute approximate surface area is 135 Å². The molecule has 1 aromatic carbocycles. The topological polar surface area (TPSA) is 81.7 Å². The fraction of sp³-hybridized carbons (Fsp3) is 0.467. The second kappa shape index (κ2) is 7.09. The Balaban J connectivity index is 0.00000176. The molecule has 0 bridgehead atoms. The molecular formula is C15H20ClN3O3. The maximum Gasteiger partial charge on any atom is 0.249 e. The molecular weight excluding hydrogens is 306 g/mol. The maximum absolute atomic E-state index is 12.4. The van der Waals surface area contributed by atoms with Crippen molar-refractivity contribution in [3.8, 4) is 0 Å². The smallest absolute Gasteiger partial charge is 0.249 e. The molecule has 0 saturated carbocycles. The summed E-state index contributed by atoms with van der Waals surface area (Å²) < 4.78 is 0. The predicted octanol–water partition coefficient (Wildman–Crippen LogP) is 0.0527. The third kappa shape index (κ3) is 3.40. The number of halogens is 1. The first kappa shape index (κ1) is 16.7. The number of aliphatic hydroxyl groups excluding tert-OH is 1. The molecule has 2 heterocycles. The Bertz CT molecular complexity index is 540. The molecule has 2 aliphatic rings. The molecule has 0 spiro atoms. The molecule has 3 N–H and O–H groups in total. The molecule has 3 unspecified atom stereocenters. The average molecular weight is 326 g/mol. The van der Waals surface area contributed by atoms with Gasteiger partial charge in [-0.2, -0.15) is 0 Å². The number of hydrogen-bond donors (Lipinski definition) is 3. The molecule has 7 heteroatoms. The summed E-state index contributed by atoms with van der Waals surface area (Å²) in [7, 11) is 0. The quantitative estimate of drug-likeness (QED) is 0.733. The molecule has 2 saturated heterocycles. The first-order chi connectivity index (χ1) is 10.1. The minimum absolute atomic E-state index is 0. The molecule has 0 aliphatic carbocycles. The van der Waals surface area contributed by atoms with Gasteiger partial charge >= 0.3 is 0 Å².